The lowest BCUT2D eigenvalue weighted by Crippen LogP contribution is -2.01. The van der Waals surface area contributed by atoms with Crippen LogP contribution in [0.15, 0.2) is 24.5 Å². The highest BCUT2D eigenvalue weighted by Crippen LogP contribution is 2.27. The van der Waals surface area contributed by atoms with Crippen LogP contribution >= 0.6 is 23.2 Å². The van der Waals surface area contributed by atoms with Crippen LogP contribution < -0.4 is 4.74 Å². The van der Waals surface area contributed by atoms with E-state index in [0.717, 1.165) is 0 Å². The van der Waals surface area contributed by atoms with E-state index in [-0.39, 0.29) is 10.9 Å². The molecule has 0 spiro atoms. The van der Waals surface area contributed by atoms with Gasteiger partial charge < -0.3 is 4.74 Å². The van der Waals surface area contributed by atoms with Crippen LogP contribution in [0.25, 0.3) is 16.9 Å². The van der Waals surface area contributed by atoms with E-state index in [9.17, 15) is 4.39 Å². The summed E-state index contributed by atoms with van der Waals surface area (Å²) < 4.78 is 20.4. The molecule has 0 radical (unpaired) electrons. The maximum Gasteiger partial charge on any atom is 0.245 e. The lowest BCUT2D eigenvalue weighted by atomic mass is 10.3. The van der Waals surface area contributed by atoms with Gasteiger partial charge in [0.2, 0.25) is 5.88 Å². The van der Waals surface area contributed by atoms with Crippen molar-refractivity contribution in [2.75, 3.05) is 7.11 Å². The van der Waals surface area contributed by atoms with E-state index >= 15 is 0 Å². The zero-order chi connectivity index (χ0) is 15.0. The van der Waals surface area contributed by atoms with Gasteiger partial charge in [-0.15, -0.1) is 11.6 Å². The van der Waals surface area contributed by atoms with Gasteiger partial charge in [0.1, 0.15) is 18.0 Å². The molecule has 0 saturated carbocycles. The summed E-state index contributed by atoms with van der Waals surface area (Å²) in [6.07, 6.45) is 1.35. The smallest absolute Gasteiger partial charge is 0.245 e. The third-order valence-electron chi connectivity index (χ3n) is 2.90. The molecule has 0 saturated heterocycles. The first-order valence-corrected chi connectivity index (χ1v) is 6.84. The van der Waals surface area contributed by atoms with Crippen LogP contribution in [0.4, 0.5) is 4.39 Å². The van der Waals surface area contributed by atoms with Gasteiger partial charge >= 0.3 is 0 Å². The molecule has 2 heterocycles. The summed E-state index contributed by atoms with van der Waals surface area (Å²) in [6.45, 7) is 0. The molecule has 0 aliphatic rings. The second-order valence-electron chi connectivity index (χ2n) is 4.18. The van der Waals surface area contributed by atoms with Crippen LogP contribution in [0.3, 0.4) is 0 Å². The van der Waals surface area contributed by atoms with Crippen molar-refractivity contribution in [1.82, 2.24) is 19.5 Å². The molecule has 108 valence electrons. The zero-order valence-corrected chi connectivity index (χ0v) is 12.4. The van der Waals surface area contributed by atoms with E-state index in [4.69, 9.17) is 27.9 Å². The number of hydrogen-bond acceptors (Lipinski definition) is 4. The molecule has 3 aromatic rings. The van der Waals surface area contributed by atoms with E-state index in [1.54, 1.807) is 10.6 Å². The number of methoxy groups -OCH3 is 1. The van der Waals surface area contributed by atoms with E-state index < -0.39 is 5.82 Å². The maximum absolute atomic E-state index is 13.6. The Bertz CT molecular complexity index is 801. The molecule has 5 nitrogen and oxygen atoms in total. The Kier molecular flexibility index (Phi) is 3.65. The Morgan fingerprint density at radius 2 is 2.10 bits per heavy atom. The van der Waals surface area contributed by atoms with Crippen molar-refractivity contribution >= 4 is 34.4 Å². The predicted molar refractivity (Wildman–Crippen MR) is 77.7 cm³/mol. The van der Waals surface area contributed by atoms with Gasteiger partial charge in [-0.2, -0.15) is 4.98 Å². The standard InChI is InChI=1S/C13H9Cl2FN4O/c1-21-13-11-12(17-6-18-13)20(10(5-14)19-11)9-3-7(15)2-8(16)4-9/h2-4,6H,5H2,1H3. The number of halogens is 3. The number of hydrogen-bond donors (Lipinski definition) is 0. The minimum Gasteiger partial charge on any atom is -0.479 e. The Hall–Kier alpha value is -1.92. The van der Waals surface area contributed by atoms with Gasteiger partial charge in [-0.05, 0) is 18.2 Å². The summed E-state index contributed by atoms with van der Waals surface area (Å²) in [5.41, 5.74) is 1.41. The Morgan fingerprint density at radius 1 is 1.29 bits per heavy atom. The Labute approximate surface area is 129 Å². The number of rotatable bonds is 3. The summed E-state index contributed by atoms with van der Waals surface area (Å²) in [5, 5.41) is 0.272. The van der Waals surface area contributed by atoms with Gasteiger partial charge in [-0.25, -0.2) is 14.4 Å². The lowest BCUT2D eigenvalue weighted by molar-refractivity contribution is 0.401. The predicted octanol–water partition coefficient (Wildman–Crippen LogP) is 3.36. The first kappa shape index (κ1) is 14.0. The van der Waals surface area contributed by atoms with Crippen LogP contribution in [-0.4, -0.2) is 26.6 Å². The molecule has 3 rings (SSSR count). The van der Waals surface area contributed by atoms with Crippen molar-refractivity contribution in [2.45, 2.75) is 5.88 Å². The van der Waals surface area contributed by atoms with Crippen molar-refractivity contribution in [3.8, 4) is 11.6 Å². The zero-order valence-electron chi connectivity index (χ0n) is 10.8. The topological polar surface area (TPSA) is 52.8 Å². The van der Waals surface area contributed by atoms with Gasteiger partial charge in [-0.1, -0.05) is 11.6 Å². The molecule has 1 aromatic carbocycles. The van der Waals surface area contributed by atoms with Crippen molar-refractivity contribution in [2.24, 2.45) is 0 Å². The fourth-order valence-electron chi connectivity index (χ4n) is 2.10. The molecule has 0 N–H and O–H groups in total. The van der Waals surface area contributed by atoms with Gasteiger partial charge in [0.25, 0.3) is 0 Å². The summed E-state index contributed by atoms with van der Waals surface area (Å²) in [7, 11) is 1.49. The molecular formula is C13H9Cl2FN4O. The third-order valence-corrected chi connectivity index (χ3v) is 3.36. The lowest BCUT2D eigenvalue weighted by Gasteiger charge is -2.08. The molecule has 8 heteroatoms. The first-order chi connectivity index (χ1) is 10.1. The molecule has 21 heavy (non-hydrogen) atoms. The fourth-order valence-corrected chi connectivity index (χ4v) is 2.49. The van der Waals surface area contributed by atoms with E-state index in [2.05, 4.69) is 15.0 Å². The molecule has 2 aromatic heterocycles. The average Bonchev–Trinajstić information content (AvgIpc) is 2.84. The van der Waals surface area contributed by atoms with E-state index in [1.807, 2.05) is 0 Å². The Morgan fingerprint density at radius 3 is 2.76 bits per heavy atom. The second kappa shape index (κ2) is 5.46. The van der Waals surface area contributed by atoms with Gasteiger partial charge in [-0.3, -0.25) is 4.57 Å². The summed E-state index contributed by atoms with van der Waals surface area (Å²) in [6, 6.07) is 4.16. The molecular weight excluding hydrogens is 318 g/mol. The van der Waals surface area contributed by atoms with Crippen LogP contribution in [0.2, 0.25) is 5.02 Å². The van der Waals surface area contributed by atoms with Crippen molar-refractivity contribution in [3.63, 3.8) is 0 Å². The van der Waals surface area contributed by atoms with Crippen LogP contribution in [-0.2, 0) is 5.88 Å². The minimum absolute atomic E-state index is 0.119. The van der Waals surface area contributed by atoms with Crippen molar-refractivity contribution in [1.29, 1.82) is 0 Å². The quantitative estimate of drug-likeness (QED) is 0.692. The SMILES string of the molecule is COc1ncnc2c1nc(CCl)n2-c1cc(F)cc(Cl)c1. The summed E-state index contributed by atoms with van der Waals surface area (Å²) in [5.74, 6) is 0.480. The highest BCUT2D eigenvalue weighted by molar-refractivity contribution is 6.30. The second-order valence-corrected chi connectivity index (χ2v) is 4.88. The number of ether oxygens (including phenoxy) is 1. The van der Waals surface area contributed by atoms with Gasteiger partial charge in [0.05, 0.1) is 18.7 Å². The summed E-state index contributed by atoms with van der Waals surface area (Å²) in [4.78, 5) is 12.5. The summed E-state index contributed by atoms with van der Waals surface area (Å²) >= 11 is 11.8. The molecule has 0 unspecified atom stereocenters. The maximum atomic E-state index is 13.6. The Balaban J connectivity index is 2.35. The molecule has 0 aliphatic carbocycles. The highest BCUT2D eigenvalue weighted by Gasteiger charge is 2.17. The number of alkyl halides is 1. The molecule has 0 amide bonds. The van der Waals surface area contributed by atoms with Crippen LogP contribution in [0.1, 0.15) is 5.82 Å². The number of benzene rings is 1. The molecule has 0 fully saturated rings. The molecule has 0 atom stereocenters. The number of aromatic nitrogens is 4. The number of fused-ring (bicyclic) bond motifs is 1. The average molecular weight is 327 g/mol. The monoisotopic (exact) mass is 326 g/mol. The van der Waals surface area contributed by atoms with Gasteiger partial charge in [0, 0.05) is 5.02 Å². The third kappa shape index (κ3) is 2.41. The fraction of sp³-hybridized carbons (Fsp3) is 0.154. The molecule has 0 aliphatic heterocycles. The largest absolute Gasteiger partial charge is 0.479 e. The van der Waals surface area contributed by atoms with E-state index in [1.165, 1.54) is 25.6 Å². The normalized spacial score (nSPS) is 11.0. The van der Waals surface area contributed by atoms with Gasteiger partial charge in [0.15, 0.2) is 11.2 Å². The number of nitrogens with zero attached hydrogens (tertiary/aromatic N) is 4. The first-order valence-electron chi connectivity index (χ1n) is 5.92. The van der Waals surface area contributed by atoms with E-state index in [0.29, 0.717) is 28.6 Å². The van der Waals surface area contributed by atoms with Crippen LogP contribution in [0.5, 0.6) is 5.88 Å². The van der Waals surface area contributed by atoms with Crippen molar-refractivity contribution < 1.29 is 9.13 Å². The van der Waals surface area contributed by atoms with Crippen molar-refractivity contribution in [3.05, 3.63) is 41.2 Å². The molecule has 0 bridgehead atoms. The minimum atomic E-state index is -0.458. The number of imidazole rings is 1. The van der Waals surface area contributed by atoms with Crippen LogP contribution in [0, 0.1) is 5.82 Å². The highest BCUT2D eigenvalue weighted by atomic mass is 35.5.